The smallest absolute Gasteiger partial charge is 0.325 e. The molecule has 0 aliphatic rings. The molecule has 1 aromatic rings. The van der Waals surface area contributed by atoms with Crippen LogP contribution in [-0.4, -0.2) is 47.2 Å². The molecule has 94 valence electrons. The van der Waals surface area contributed by atoms with E-state index < -0.39 is 27.5 Å². The van der Waals surface area contributed by atoms with Gasteiger partial charge in [0.1, 0.15) is 12.3 Å². The van der Waals surface area contributed by atoms with Crippen LogP contribution in [0.5, 0.6) is 0 Å². The highest BCUT2D eigenvalue weighted by Gasteiger charge is 2.12. The van der Waals surface area contributed by atoms with Crippen molar-refractivity contribution in [2.75, 3.05) is 17.3 Å². The molecule has 0 bridgehead atoms. The molecule has 2 N–H and O–H groups in total. The second-order valence-electron chi connectivity index (χ2n) is 3.44. The lowest BCUT2D eigenvalue weighted by atomic mass is 10.5. The molecule has 17 heavy (non-hydrogen) atoms. The van der Waals surface area contributed by atoms with Gasteiger partial charge in [-0.2, -0.15) is 5.10 Å². The Morgan fingerprint density at radius 3 is 2.71 bits per heavy atom. The van der Waals surface area contributed by atoms with Gasteiger partial charge in [0, 0.05) is 12.5 Å². The van der Waals surface area contributed by atoms with Crippen molar-refractivity contribution in [3.8, 4) is 0 Å². The summed E-state index contributed by atoms with van der Waals surface area (Å²) in [6, 6.07) is 0. The van der Waals surface area contributed by atoms with E-state index in [4.69, 9.17) is 5.11 Å². The number of sulfone groups is 1. The van der Waals surface area contributed by atoms with Crippen molar-refractivity contribution in [3.05, 3.63) is 12.4 Å². The number of aromatic nitrogens is 2. The standard InChI is InChI=1S/C8H11N3O5S/c1-17(15,16)5-7(12)10-6-2-9-11(3-6)4-8(13)14/h2-3H,4-5H2,1H3,(H,10,12)(H,13,14). The number of carboxylic acids is 1. The Hall–Kier alpha value is -1.90. The van der Waals surface area contributed by atoms with Gasteiger partial charge in [-0.05, 0) is 0 Å². The number of carbonyl (C=O) groups excluding carboxylic acids is 1. The van der Waals surface area contributed by atoms with Gasteiger partial charge in [0.15, 0.2) is 9.84 Å². The minimum Gasteiger partial charge on any atom is -0.480 e. The maximum atomic E-state index is 11.2. The number of carbonyl (C=O) groups is 2. The lowest BCUT2D eigenvalue weighted by Gasteiger charge is -2.00. The van der Waals surface area contributed by atoms with Gasteiger partial charge in [-0.15, -0.1) is 0 Å². The Morgan fingerprint density at radius 1 is 1.53 bits per heavy atom. The van der Waals surface area contributed by atoms with Crippen molar-refractivity contribution in [2.45, 2.75) is 6.54 Å². The van der Waals surface area contributed by atoms with E-state index >= 15 is 0 Å². The van der Waals surface area contributed by atoms with E-state index in [1.807, 2.05) is 0 Å². The van der Waals surface area contributed by atoms with Gasteiger partial charge in [0.2, 0.25) is 5.91 Å². The van der Waals surface area contributed by atoms with E-state index in [1.165, 1.54) is 12.4 Å². The summed E-state index contributed by atoms with van der Waals surface area (Å²) < 4.78 is 22.8. The Labute approximate surface area is 97.2 Å². The second-order valence-corrected chi connectivity index (χ2v) is 5.58. The van der Waals surface area contributed by atoms with Crippen LogP contribution in [0.15, 0.2) is 12.4 Å². The minimum absolute atomic E-state index is 0.250. The first-order valence-electron chi connectivity index (χ1n) is 4.48. The Morgan fingerprint density at radius 2 is 2.18 bits per heavy atom. The lowest BCUT2D eigenvalue weighted by molar-refractivity contribution is -0.137. The SMILES string of the molecule is CS(=O)(=O)CC(=O)Nc1cnn(CC(=O)O)c1. The van der Waals surface area contributed by atoms with Crippen molar-refractivity contribution < 1.29 is 23.1 Å². The Kier molecular flexibility index (Phi) is 3.84. The molecule has 1 heterocycles. The van der Waals surface area contributed by atoms with Crippen molar-refractivity contribution >= 4 is 27.4 Å². The summed E-state index contributed by atoms with van der Waals surface area (Å²) in [6.45, 7) is -0.331. The van der Waals surface area contributed by atoms with Crippen LogP contribution in [0, 0.1) is 0 Å². The number of nitrogens with one attached hydrogen (secondary N) is 1. The van der Waals surface area contributed by atoms with Crippen molar-refractivity contribution in [3.63, 3.8) is 0 Å². The van der Waals surface area contributed by atoms with E-state index in [9.17, 15) is 18.0 Å². The first-order chi connectivity index (χ1) is 7.76. The minimum atomic E-state index is -3.39. The Balaban J connectivity index is 2.60. The summed E-state index contributed by atoms with van der Waals surface area (Å²) in [5.41, 5.74) is 0.250. The summed E-state index contributed by atoms with van der Waals surface area (Å²) >= 11 is 0. The van der Waals surface area contributed by atoms with Gasteiger partial charge in [-0.25, -0.2) is 8.42 Å². The molecular formula is C8H11N3O5S. The molecule has 0 aromatic carbocycles. The molecule has 1 rings (SSSR count). The summed E-state index contributed by atoms with van der Waals surface area (Å²) in [5.74, 6) is -2.39. The number of hydrogen-bond donors (Lipinski definition) is 2. The molecule has 8 nitrogen and oxygen atoms in total. The molecule has 1 amide bonds. The van der Waals surface area contributed by atoms with Crippen LogP contribution >= 0.6 is 0 Å². The molecular weight excluding hydrogens is 250 g/mol. The summed E-state index contributed by atoms with van der Waals surface area (Å²) in [7, 11) is -3.39. The van der Waals surface area contributed by atoms with Gasteiger partial charge in [0.25, 0.3) is 0 Å². The van der Waals surface area contributed by atoms with Gasteiger partial charge in [-0.3, -0.25) is 14.3 Å². The fraction of sp³-hybridized carbons (Fsp3) is 0.375. The molecule has 0 spiro atoms. The van der Waals surface area contributed by atoms with Crippen LogP contribution < -0.4 is 5.32 Å². The fourth-order valence-electron chi connectivity index (χ4n) is 1.09. The van der Waals surface area contributed by atoms with Crippen LogP contribution in [0.25, 0.3) is 0 Å². The monoisotopic (exact) mass is 261 g/mol. The molecule has 0 unspecified atom stereocenters. The van der Waals surface area contributed by atoms with E-state index in [0.29, 0.717) is 0 Å². The van der Waals surface area contributed by atoms with Crippen LogP contribution in [0.4, 0.5) is 5.69 Å². The van der Waals surface area contributed by atoms with Crippen LogP contribution in [0.1, 0.15) is 0 Å². The highest BCUT2D eigenvalue weighted by atomic mass is 32.2. The number of amides is 1. The first kappa shape index (κ1) is 13.2. The average molecular weight is 261 g/mol. The normalized spacial score (nSPS) is 11.1. The predicted molar refractivity (Wildman–Crippen MR) is 58.2 cm³/mol. The summed E-state index contributed by atoms with van der Waals surface area (Å²) in [4.78, 5) is 21.6. The maximum absolute atomic E-state index is 11.2. The number of aliphatic carboxylic acids is 1. The summed E-state index contributed by atoms with van der Waals surface area (Å²) in [5, 5.41) is 14.5. The average Bonchev–Trinajstić information content (AvgIpc) is 2.46. The highest BCUT2D eigenvalue weighted by molar-refractivity contribution is 7.91. The van der Waals surface area contributed by atoms with E-state index in [0.717, 1.165) is 10.9 Å². The van der Waals surface area contributed by atoms with E-state index in [2.05, 4.69) is 10.4 Å². The van der Waals surface area contributed by atoms with Crippen LogP contribution in [0.2, 0.25) is 0 Å². The topological polar surface area (TPSA) is 118 Å². The largest absolute Gasteiger partial charge is 0.480 e. The third kappa shape index (κ3) is 5.11. The number of hydrogen-bond acceptors (Lipinski definition) is 5. The number of carboxylic acid groups (broad SMARTS) is 1. The zero-order valence-corrected chi connectivity index (χ0v) is 9.77. The first-order valence-corrected chi connectivity index (χ1v) is 6.54. The zero-order valence-electron chi connectivity index (χ0n) is 8.95. The van der Waals surface area contributed by atoms with Crippen LogP contribution in [-0.2, 0) is 26.0 Å². The molecule has 0 radical (unpaired) electrons. The van der Waals surface area contributed by atoms with Crippen molar-refractivity contribution in [2.24, 2.45) is 0 Å². The van der Waals surface area contributed by atoms with Gasteiger partial charge < -0.3 is 10.4 Å². The highest BCUT2D eigenvalue weighted by Crippen LogP contribution is 2.04. The lowest BCUT2D eigenvalue weighted by Crippen LogP contribution is -2.21. The zero-order chi connectivity index (χ0) is 13.1. The quantitative estimate of drug-likeness (QED) is 0.698. The fourth-order valence-corrected chi connectivity index (χ4v) is 1.64. The van der Waals surface area contributed by atoms with Crippen LogP contribution in [0.3, 0.4) is 0 Å². The van der Waals surface area contributed by atoms with Crippen molar-refractivity contribution in [1.82, 2.24) is 9.78 Å². The third-order valence-electron chi connectivity index (χ3n) is 1.61. The third-order valence-corrected chi connectivity index (χ3v) is 2.39. The second kappa shape index (κ2) is 4.95. The van der Waals surface area contributed by atoms with Crippen molar-refractivity contribution in [1.29, 1.82) is 0 Å². The molecule has 0 saturated heterocycles. The molecule has 0 saturated carbocycles. The van der Waals surface area contributed by atoms with Gasteiger partial charge >= 0.3 is 5.97 Å². The maximum Gasteiger partial charge on any atom is 0.325 e. The molecule has 0 fully saturated rings. The molecule has 0 atom stereocenters. The number of rotatable bonds is 5. The molecule has 1 aromatic heterocycles. The molecule has 9 heteroatoms. The predicted octanol–water partition coefficient (Wildman–Crippen LogP) is -1.05. The number of nitrogens with zero attached hydrogens (tertiary/aromatic N) is 2. The number of anilines is 1. The molecule has 0 aliphatic heterocycles. The van der Waals surface area contributed by atoms with Gasteiger partial charge in [-0.1, -0.05) is 0 Å². The van der Waals surface area contributed by atoms with Gasteiger partial charge in [0.05, 0.1) is 11.9 Å². The molecule has 0 aliphatic carbocycles. The Bertz CT molecular complexity index is 533. The van der Waals surface area contributed by atoms with E-state index in [-0.39, 0.29) is 12.2 Å². The van der Waals surface area contributed by atoms with E-state index in [1.54, 1.807) is 0 Å². The summed E-state index contributed by atoms with van der Waals surface area (Å²) in [6.07, 6.45) is 3.48.